The van der Waals surface area contributed by atoms with Gasteiger partial charge in [0, 0.05) is 6.54 Å². The first kappa shape index (κ1) is 14.6. The van der Waals surface area contributed by atoms with E-state index in [2.05, 4.69) is 11.9 Å². The molecular weight excluding hydrogens is 314 g/mol. The van der Waals surface area contributed by atoms with E-state index >= 15 is 0 Å². The molecule has 2 aromatic heterocycles. The third-order valence-electron chi connectivity index (χ3n) is 2.47. The number of nitrogens with one attached hydrogen (secondary N) is 1. The summed E-state index contributed by atoms with van der Waals surface area (Å²) in [5, 5.41) is 12.7. The van der Waals surface area contributed by atoms with E-state index in [1.807, 2.05) is 6.07 Å². The molecule has 2 rings (SSSR count). The molecule has 2 aromatic rings. The average molecular weight is 324 g/mol. The zero-order chi connectivity index (χ0) is 14.7. The van der Waals surface area contributed by atoms with Crippen LogP contribution in [0.1, 0.15) is 20.1 Å². The maximum atomic E-state index is 12.4. The molecule has 0 saturated carbocycles. The van der Waals surface area contributed by atoms with Crippen molar-refractivity contribution in [2.75, 3.05) is 17.6 Å². The van der Waals surface area contributed by atoms with E-state index in [0.717, 1.165) is 0 Å². The molecular formula is C13H10ClN3OS2. The highest BCUT2D eigenvalue weighted by atomic mass is 35.5. The summed E-state index contributed by atoms with van der Waals surface area (Å²) in [5.41, 5.74) is 6.41. The quantitative estimate of drug-likeness (QED) is 0.649. The number of nitrogens with zero attached hydrogens (tertiary/aromatic N) is 1. The highest BCUT2D eigenvalue weighted by Crippen LogP contribution is 2.37. The molecule has 0 aliphatic carbocycles. The lowest BCUT2D eigenvalue weighted by Gasteiger charge is -1.98. The fourth-order valence-electron chi connectivity index (χ4n) is 1.56. The minimum Gasteiger partial charge on any atom is -0.396 e. The lowest BCUT2D eigenvalue weighted by Crippen LogP contribution is -2.00. The molecule has 0 amide bonds. The van der Waals surface area contributed by atoms with Gasteiger partial charge in [-0.05, 0) is 12.1 Å². The van der Waals surface area contributed by atoms with Crippen LogP contribution in [-0.2, 0) is 0 Å². The van der Waals surface area contributed by atoms with Crippen molar-refractivity contribution in [3.63, 3.8) is 0 Å². The van der Waals surface area contributed by atoms with E-state index in [1.165, 1.54) is 22.7 Å². The van der Waals surface area contributed by atoms with Gasteiger partial charge in [0.2, 0.25) is 5.78 Å². The van der Waals surface area contributed by atoms with Gasteiger partial charge < -0.3 is 11.1 Å². The summed E-state index contributed by atoms with van der Waals surface area (Å²) in [6, 6.07) is 5.33. The smallest absolute Gasteiger partial charge is 0.215 e. The molecule has 0 unspecified atom stereocenters. The Kier molecular flexibility index (Phi) is 4.45. The van der Waals surface area contributed by atoms with Gasteiger partial charge in [0.1, 0.15) is 21.5 Å². The SMILES string of the molecule is C=CCNc1sc(C(=O)c2ccc(Cl)s2)c(N)c1C#N. The van der Waals surface area contributed by atoms with E-state index in [1.54, 1.807) is 18.2 Å². The van der Waals surface area contributed by atoms with E-state index in [9.17, 15) is 4.79 Å². The molecule has 0 saturated heterocycles. The van der Waals surface area contributed by atoms with Gasteiger partial charge in [-0.15, -0.1) is 29.3 Å². The van der Waals surface area contributed by atoms with Crippen LogP contribution in [0.3, 0.4) is 0 Å². The molecule has 0 bridgehead atoms. The number of nitrogens with two attached hydrogens (primary N) is 1. The van der Waals surface area contributed by atoms with Crippen molar-refractivity contribution in [1.29, 1.82) is 5.26 Å². The predicted molar refractivity (Wildman–Crippen MR) is 84.9 cm³/mol. The molecule has 3 N–H and O–H groups in total. The van der Waals surface area contributed by atoms with Crippen LogP contribution in [0.5, 0.6) is 0 Å². The summed E-state index contributed by atoms with van der Waals surface area (Å²) in [7, 11) is 0. The summed E-state index contributed by atoms with van der Waals surface area (Å²) in [6.07, 6.45) is 1.66. The van der Waals surface area contributed by atoms with Gasteiger partial charge in [-0.25, -0.2) is 0 Å². The number of carbonyl (C=O) groups is 1. The summed E-state index contributed by atoms with van der Waals surface area (Å²) in [6.45, 7) is 4.09. The molecule has 0 aromatic carbocycles. The lowest BCUT2D eigenvalue weighted by atomic mass is 10.2. The Hall–Kier alpha value is -1.81. The fraction of sp³-hybridized carbons (Fsp3) is 0.0769. The summed E-state index contributed by atoms with van der Waals surface area (Å²) in [4.78, 5) is 13.2. The number of hydrogen-bond donors (Lipinski definition) is 2. The Morgan fingerprint density at radius 2 is 2.30 bits per heavy atom. The first-order valence-electron chi connectivity index (χ1n) is 5.55. The minimum absolute atomic E-state index is 0.207. The summed E-state index contributed by atoms with van der Waals surface area (Å²) < 4.78 is 0.536. The molecule has 0 aliphatic heterocycles. The molecule has 4 nitrogen and oxygen atoms in total. The van der Waals surface area contributed by atoms with Crippen LogP contribution in [0.25, 0.3) is 0 Å². The number of hydrogen-bond acceptors (Lipinski definition) is 6. The number of ketones is 1. The molecule has 0 atom stereocenters. The normalized spacial score (nSPS) is 10.0. The Balaban J connectivity index is 2.42. The first-order chi connectivity index (χ1) is 9.58. The number of thiophene rings is 2. The molecule has 2 heterocycles. The second-order valence-corrected chi connectivity index (χ2v) is 6.50. The Bertz CT molecular complexity index is 712. The van der Waals surface area contributed by atoms with E-state index in [-0.39, 0.29) is 11.5 Å². The van der Waals surface area contributed by atoms with Gasteiger partial charge in [-0.1, -0.05) is 17.7 Å². The van der Waals surface area contributed by atoms with Crippen LogP contribution in [0, 0.1) is 11.3 Å². The van der Waals surface area contributed by atoms with Gasteiger partial charge in [0.25, 0.3) is 0 Å². The van der Waals surface area contributed by atoms with Crippen LogP contribution in [0.2, 0.25) is 4.34 Å². The molecule has 0 fully saturated rings. The highest BCUT2D eigenvalue weighted by molar-refractivity contribution is 7.21. The van der Waals surface area contributed by atoms with Crippen molar-refractivity contribution in [2.24, 2.45) is 0 Å². The lowest BCUT2D eigenvalue weighted by molar-refractivity contribution is 0.104. The number of anilines is 2. The van der Waals surface area contributed by atoms with Crippen molar-refractivity contribution in [3.05, 3.63) is 44.4 Å². The maximum Gasteiger partial charge on any atom is 0.215 e. The van der Waals surface area contributed by atoms with Crippen molar-refractivity contribution < 1.29 is 4.79 Å². The van der Waals surface area contributed by atoms with E-state index in [0.29, 0.717) is 31.2 Å². The van der Waals surface area contributed by atoms with Gasteiger partial charge in [-0.2, -0.15) is 5.26 Å². The topological polar surface area (TPSA) is 78.9 Å². The maximum absolute atomic E-state index is 12.4. The molecule has 0 aliphatic rings. The number of halogens is 1. The second kappa shape index (κ2) is 6.09. The van der Waals surface area contributed by atoms with Crippen LogP contribution < -0.4 is 11.1 Å². The molecule has 0 radical (unpaired) electrons. The van der Waals surface area contributed by atoms with Gasteiger partial charge in [-0.3, -0.25) is 4.79 Å². The minimum atomic E-state index is -0.215. The van der Waals surface area contributed by atoms with E-state index < -0.39 is 0 Å². The zero-order valence-electron chi connectivity index (χ0n) is 10.3. The third-order valence-corrected chi connectivity index (χ3v) is 4.86. The molecule has 20 heavy (non-hydrogen) atoms. The van der Waals surface area contributed by atoms with Crippen molar-refractivity contribution in [3.8, 4) is 6.07 Å². The largest absolute Gasteiger partial charge is 0.396 e. The zero-order valence-corrected chi connectivity index (χ0v) is 12.7. The Morgan fingerprint density at radius 3 is 2.85 bits per heavy atom. The summed E-state index contributed by atoms with van der Waals surface area (Å²) >= 11 is 8.18. The van der Waals surface area contributed by atoms with Gasteiger partial charge >= 0.3 is 0 Å². The first-order valence-corrected chi connectivity index (χ1v) is 7.56. The molecule has 102 valence electrons. The van der Waals surface area contributed by atoms with Crippen LogP contribution in [0.15, 0.2) is 24.8 Å². The molecule has 0 spiro atoms. The van der Waals surface area contributed by atoms with Crippen LogP contribution in [-0.4, -0.2) is 12.3 Å². The number of nitriles is 1. The fourth-order valence-corrected chi connectivity index (χ4v) is 3.65. The second-order valence-electron chi connectivity index (χ2n) is 3.76. The average Bonchev–Trinajstić information content (AvgIpc) is 2.99. The Labute approximate surface area is 129 Å². The monoisotopic (exact) mass is 323 g/mol. The number of rotatable bonds is 5. The van der Waals surface area contributed by atoms with Crippen molar-refractivity contribution in [2.45, 2.75) is 0 Å². The van der Waals surface area contributed by atoms with Gasteiger partial charge in [0.05, 0.1) is 14.9 Å². The Morgan fingerprint density at radius 1 is 1.55 bits per heavy atom. The highest BCUT2D eigenvalue weighted by Gasteiger charge is 2.22. The van der Waals surface area contributed by atoms with E-state index in [4.69, 9.17) is 22.6 Å². The van der Waals surface area contributed by atoms with Crippen molar-refractivity contribution in [1.82, 2.24) is 0 Å². The predicted octanol–water partition coefficient (Wildman–Crippen LogP) is 3.75. The van der Waals surface area contributed by atoms with Crippen LogP contribution >= 0.6 is 34.3 Å². The van der Waals surface area contributed by atoms with Gasteiger partial charge in [0.15, 0.2) is 0 Å². The standard InChI is InChI=1S/C13H10ClN3OS2/c1-2-5-17-13-7(6-15)10(16)12(20-13)11(18)8-3-4-9(14)19-8/h2-4,17H,1,5,16H2. The third kappa shape index (κ3) is 2.70. The van der Waals surface area contributed by atoms with Crippen LogP contribution in [0.4, 0.5) is 10.7 Å². The summed E-state index contributed by atoms with van der Waals surface area (Å²) in [5.74, 6) is -0.215. The van der Waals surface area contributed by atoms with Crippen molar-refractivity contribution >= 4 is 50.7 Å². The number of carbonyl (C=O) groups excluding carboxylic acids is 1. The number of nitrogen functional groups attached to an aromatic ring is 1. The molecule has 7 heteroatoms.